The van der Waals surface area contributed by atoms with Crippen LogP contribution in [0.25, 0.3) is 0 Å². The number of nitrogens with one attached hydrogen (secondary N) is 1. The van der Waals surface area contributed by atoms with Gasteiger partial charge in [0.1, 0.15) is 0 Å². The van der Waals surface area contributed by atoms with Gasteiger partial charge in [0.25, 0.3) is 0 Å². The van der Waals surface area contributed by atoms with Crippen LogP contribution in [0.5, 0.6) is 0 Å². The second-order valence-electron chi connectivity index (χ2n) is 5.67. The predicted octanol–water partition coefficient (Wildman–Crippen LogP) is 1.48. The molecule has 2 rings (SSSR count). The molecule has 1 N–H and O–H groups in total. The van der Waals surface area contributed by atoms with Crippen molar-refractivity contribution in [2.75, 3.05) is 33.3 Å². The lowest BCUT2D eigenvalue weighted by Crippen LogP contribution is -2.40. The van der Waals surface area contributed by atoms with Gasteiger partial charge in [-0.2, -0.15) is 4.31 Å². The zero-order chi connectivity index (χ0) is 16.9. The Hall–Kier alpha value is -1.44. The summed E-state index contributed by atoms with van der Waals surface area (Å²) >= 11 is 0. The number of carbonyl (C=O) groups excluding carboxylic acids is 1. The fourth-order valence-electron chi connectivity index (χ4n) is 2.75. The predicted molar refractivity (Wildman–Crippen MR) is 87.8 cm³/mol. The average molecular weight is 340 g/mol. The number of sulfonamides is 1. The largest absolute Gasteiger partial charge is 0.465 e. The van der Waals surface area contributed by atoms with Gasteiger partial charge in [-0.3, -0.25) is 0 Å². The van der Waals surface area contributed by atoms with Crippen molar-refractivity contribution in [1.82, 2.24) is 9.62 Å². The lowest BCUT2D eigenvalue weighted by Gasteiger charge is -2.31. The Morgan fingerprint density at radius 3 is 2.65 bits per heavy atom. The lowest BCUT2D eigenvalue weighted by molar-refractivity contribution is 0.0600. The zero-order valence-corrected chi connectivity index (χ0v) is 14.4. The second-order valence-corrected chi connectivity index (χ2v) is 7.61. The third-order valence-corrected chi connectivity index (χ3v) is 6.04. The van der Waals surface area contributed by atoms with E-state index < -0.39 is 16.0 Å². The highest BCUT2D eigenvalue weighted by atomic mass is 32.2. The number of piperidine rings is 1. The molecule has 23 heavy (non-hydrogen) atoms. The third-order valence-electron chi connectivity index (χ3n) is 4.15. The molecule has 1 aromatic carbocycles. The SMILES string of the molecule is CCNCC1CCN(S(=O)(=O)c2cccc(C(=O)OC)c2)CC1. The van der Waals surface area contributed by atoms with Crippen LogP contribution < -0.4 is 5.32 Å². The van der Waals surface area contributed by atoms with Gasteiger partial charge < -0.3 is 10.1 Å². The Morgan fingerprint density at radius 1 is 1.35 bits per heavy atom. The van der Waals surface area contributed by atoms with Crippen molar-refractivity contribution in [1.29, 1.82) is 0 Å². The number of ether oxygens (including phenoxy) is 1. The van der Waals surface area contributed by atoms with Gasteiger partial charge in [-0.05, 0) is 50.0 Å². The maximum atomic E-state index is 12.7. The fraction of sp³-hybridized carbons (Fsp3) is 0.562. The molecule has 1 aliphatic rings. The second kappa shape index (κ2) is 7.90. The molecule has 1 fully saturated rings. The van der Waals surface area contributed by atoms with Gasteiger partial charge in [0.15, 0.2) is 0 Å². The first-order valence-corrected chi connectivity index (χ1v) is 9.32. The molecule has 0 atom stereocenters. The molecular weight excluding hydrogens is 316 g/mol. The minimum absolute atomic E-state index is 0.144. The summed E-state index contributed by atoms with van der Waals surface area (Å²) in [6, 6.07) is 6.02. The molecular formula is C16H24N2O4S. The van der Waals surface area contributed by atoms with Crippen LogP contribution in [-0.4, -0.2) is 52.0 Å². The van der Waals surface area contributed by atoms with Crippen LogP contribution in [0, 0.1) is 5.92 Å². The van der Waals surface area contributed by atoms with Crippen molar-refractivity contribution >= 4 is 16.0 Å². The number of hydrogen-bond donors (Lipinski definition) is 1. The van der Waals surface area contributed by atoms with Crippen LogP contribution in [0.15, 0.2) is 29.2 Å². The smallest absolute Gasteiger partial charge is 0.337 e. The van der Waals surface area contributed by atoms with Crippen LogP contribution in [0.1, 0.15) is 30.1 Å². The summed E-state index contributed by atoms with van der Waals surface area (Å²) in [6.45, 7) is 4.95. The van der Waals surface area contributed by atoms with Gasteiger partial charge in [0, 0.05) is 13.1 Å². The molecule has 1 saturated heterocycles. The van der Waals surface area contributed by atoms with E-state index in [1.54, 1.807) is 12.1 Å². The summed E-state index contributed by atoms with van der Waals surface area (Å²) in [7, 11) is -2.29. The van der Waals surface area contributed by atoms with E-state index in [9.17, 15) is 13.2 Å². The van der Waals surface area contributed by atoms with Gasteiger partial charge in [-0.15, -0.1) is 0 Å². The van der Waals surface area contributed by atoms with Gasteiger partial charge in [-0.1, -0.05) is 13.0 Å². The molecule has 0 amide bonds. The fourth-order valence-corrected chi connectivity index (χ4v) is 4.27. The van der Waals surface area contributed by atoms with Gasteiger partial charge >= 0.3 is 5.97 Å². The Labute approximate surface area is 137 Å². The van der Waals surface area contributed by atoms with Crippen molar-refractivity contribution in [3.05, 3.63) is 29.8 Å². The first-order chi connectivity index (χ1) is 11.0. The summed E-state index contributed by atoms with van der Waals surface area (Å²) in [5.74, 6) is -0.0193. The highest BCUT2D eigenvalue weighted by molar-refractivity contribution is 7.89. The normalized spacial score (nSPS) is 17.1. The number of nitrogens with zero attached hydrogens (tertiary/aromatic N) is 1. The molecule has 7 heteroatoms. The van der Waals surface area contributed by atoms with E-state index in [0.29, 0.717) is 19.0 Å². The van der Waals surface area contributed by atoms with Gasteiger partial charge in [-0.25, -0.2) is 13.2 Å². The number of rotatable bonds is 6. The monoisotopic (exact) mass is 340 g/mol. The van der Waals surface area contributed by atoms with Gasteiger partial charge in [0.05, 0.1) is 17.6 Å². The van der Waals surface area contributed by atoms with Crippen LogP contribution >= 0.6 is 0 Å². The zero-order valence-electron chi connectivity index (χ0n) is 13.6. The molecule has 1 heterocycles. The summed E-state index contributed by atoms with van der Waals surface area (Å²) in [5, 5.41) is 3.31. The molecule has 0 unspecified atom stereocenters. The number of hydrogen-bond acceptors (Lipinski definition) is 5. The lowest BCUT2D eigenvalue weighted by atomic mass is 9.98. The number of methoxy groups -OCH3 is 1. The van der Waals surface area contributed by atoms with Crippen molar-refractivity contribution in [2.24, 2.45) is 5.92 Å². The van der Waals surface area contributed by atoms with Crippen molar-refractivity contribution in [3.63, 3.8) is 0 Å². The molecule has 0 aliphatic carbocycles. The van der Waals surface area contributed by atoms with Crippen molar-refractivity contribution in [3.8, 4) is 0 Å². The Kier molecular flexibility index (Phi) is 6.15. The minimum Gasteiger partial charge on any atom is -0.465 e. The summed E-state index contributed by atoms with van der Waals surface area (Å²) < 4.78 is 31.6. The Bertz CT molecular complexity index is 637. The van der Waals surface area contributed by atoms with E-state index in [-0.39, 0.29) is 10.5 Å². The van der Waals surface area contributed by atoms with E-state index >= 15 is 0 Å². The van der Waals surface area contributed by atoms with E-state index in [1.807, 2.05) is 0 Å². The molecule has 0 spiro atoms. The van der Waals surface area contributed by atoms with Crippen molar-refractivity contribution in [2.45, 2.75) is 24.7 Å². The molecule has 0 bridgehead atoms. The summed E-state index contributed by atoms with van der Waals surface area (Å²) in [4.78, 5) is 11.7. The molecule has 0 aromatic heterocycles. The first-order valence-electron chi connectivity index (χ1n) is 7.88. The maximum absolute atomic E-state index is 12.7. The summed E-state index contributed by atoms with van der Waals surface area (Å²) in [6.07, 6.45) is 1.70. The molecule has 1 aromatic rings. The molecule has 0 saturated carbocycles. The minimum atomic E-state index is -3.57. The number of carbonyl (C=O) groups is 1. The van der Waals surface area contributed by atoms with Gasteiger partial charge in [0.2, 0.25) is 10.0 Å². The maximum Gasteiger partial charge on any atom is 0.337 e. The average Bonchev–Trinajstić information content (AvgIpc) is 2.59. The van der Waals surface area contributed by atoms with E-state index in [0.717, 1.165) is 25.9 Å². The number of esters is 1. The molecule has 128 valence electrons. The highest BCUT2D eigenvalue weighted by Gasteiger charge is 2.29. The van der Waals surface area contributed by atoms with Crippen LogP contribution in [-0.2, 0) is 14.8 Å². The standard InChI is InChI=1S/C16H24N2O4S/c1-3-17-12-13-7-9-18(10-8-13)23(20,21)15-6-4-5-14(11-15)16(19)22-2/h4-6,11,13,17H,3,7-10,12H2,1-2H3. The third kappa shape index (κ3) is 4.31. The molecule has 1 aliphatic heterocycles. The van der Waals surface area contributed by atoms with E-state index in [2.05, 4.69) is 17.0 Å². The van der Waals surface area contributed by atoms with Crippen LogP contribution in [0.2, 0.25) is 0 Å². The van der Waals surface area contributed by atoms with Crippen LogP contribution in [0.3, 0.4) is 0 Å². The van der Waals surface area contributed by atoms with Crippen LogP contribution in [0.4, 0.5) is 0 Å². The summed E-state index contributed by atoms with van der Waals surface area (Å²) in [5.41, 5.74) is 0.246. The molecule has 6 nitrogen and oxygen atoms in total. The first kappa shape index (κ1) is 17.9. The highest BCUT2D eigenvalue weighted by Crippen LogP contribution is 2.24. The quantitative estimate of drug-likeness (QED) is 0.794. The Balaban J connectivity index is 2.09. The van der Waals surface area contributed by atoms with E-state index in [4.69, 9.17) is 0 Å². The number of benzene rings is 1. The Morgan fingerprint density at radius 2 is 2.04 bits per heavy atom. The van der Waals surface area contributed by atoms with E-state index in [1.165, 1.54) is 23.5 Å². The topological polar surface area (TPSA) is 75.7 Å². The molecule has 0 radical (unpaired) electrons. The van der Waals surface area contributed by atoms with Crippen molar-refractivity contribution < 1.29 is 17.9 Å².